The largest absolute Gasteiger partial charge is 0.398 e. The summed E-state index contributed by atoms with van der Waals surface area (Å²) in [6.07, 6.45) is 1.77. The summed E-state index contributed by atoms with van der Waals surface area (Å²) in [6.45, 7) is 4.01. The van der Waals surface area contributed by atoms with Gasteiger partial charge in [-0.15, -0.1) is 0 Å². The zero-order valence-corrected chi connectivity index (χ0v) is 12.3. The highest BCUT2D eigenvalue weighted by Crippen LogP contribution is 2.28. The second-order valence-electron chi connectivity index (χ2n) is 4.56. The molecule has 0 spiro atoms. The summed E-state index contributed by atoms with van der Waals surface area (Å²) in [5, 5.41) is 5.44. The molecule has 0 bridgehead atoms. The number of nitrogen functional groups attached to an aromatic ring is 1. The molecule has 0 aliphatic heterocycles. The molecular formula is C14H13BrN4. The fourth-order valence-electron chi connectivity index (χ4n) is 2.24. The van der Waals surface area contributed by atoms with Crippen molar-refractivity contribution in [3.05, 3.63) is 46.3 Å². The van der Waals surface area contributed by atoms with Crippen molar-refractivity contribution >= 4 is 32.5 Å². The summed E-state index contributed by atoms with van der Waals surface area (Å²) in [5.41, 5.74) is 10.6. The predicted molar refractivity (Wildman–Crippen MR) is 80.5 cm³/mol. The Balaban J connectivity index is 2.36. The fraction of sp³-hybridized carbons (Fsp3) is 0.143. The summed E-state index contributed by atoms with van der Waals surface area (Å²) in [6, 6.07) is 7.87. The lowest BCUT2D eigenvalue weighted by Crippen LogP contribution is -2.02. The number of hydrogen-bond donors (Lipinski definition) is 1. The van der Waals surface area contributed by atoms with E-state index in [-0.39, 0.29) is 0 Å². The minimum atomic E-state index is 0.717. The van der Waals surface area contributed by atoms with Crippen molar-refractivity contribution in [1.82, 2.24) is 14.8 Å². The maximum absolute atomic E-state index is 6.02. The SMILES string of the molecule is Cc1cc(C)n(-c2ccc(N)c3cc(Br)cnc23)n1. The third-order valence-electron chi connectivity index (χ3n) is 3.07. The number of aromatic nitrogens is 3. The molecule has 0 saturated carbocycles. The minimum absolute atomic E-state index is 0.717. The second kappa shape index (κ2) is 4.35. The van der Waals surface area contributed by atoms with Crippen LogP contribution in [-0.2, 0) is 0 Å². The number of pyridine rings is 1. The molecule has 5 heteroatoms. The van der Waals surface area contributed by atoms with Crippen molar-refractivity contribution in [3.63, 3.8) is 0 Å². The second-order valence-corrected chi connectivity index (χ2v) is 5.48. The first kappa shape index (κ1) is 12.2. The minimum Gasteiger partial charge on any atom is -0.398 e. The number of benzene rings is 1. The molecule has 4 nitrogen and oxygen atoms in total. The van der Waals surface area contributed by atoms with Crippen LogP contribution in [-0.4, -0.2) is 14.8 Å². The molecule has 1 aromatic carbocycles. The smallest absolute Gasteiger partial charge is 0.0980 e. The van der Waals surface area contributed by atoms with Crippen LogP contribution in [0.5, 0.6) is 0 Å². The van der Waals surface area contributed by atoms with Crippen LogP contribution in [0.1, 0.15) is 11.4 Å². The van der Waals surface area contributed by atoms with E-state index in [1.54, 1.807) is 6.20 Å². The normalized spacial score (nSPS) is 11.1. The van der Waals surface area contributed by atoms with E-state index in [0.717, 1.165) is 32.5 Å². The number of rotatable bonds is 1. The van der Waals surface area contributed by atoms with Crippen molar-refractivity contribution in [3.8, 4) is 5.69 Å². The zero-order valence-electron chi connectivity index (χ0n) is 10.7. The molecule has 0 amide bonds. The van der Waals surface area contributed by atoms with Crippen LogP contribution < -0.4 is 5.73 Å². The zero-order chi connectivity index (χ0) is 13.6. The molecule has 0 aliphatic carbocycles. The van der Waals surface area contributed by atoms with Gasteiger partial charge in [0.2, 0.25) is 0 Å². The number of anilines is 1. The molecule has 2 aromatic heterocycles. The Bertz CT molecular complexity index is 776. The predicted octanol–water partition coefficient (Wildman–Crippen LogP) is 3.38. The molecule has 0 atom stereocenters. The standard InChI is InChI=1S/C14H13BrN4/c1-8-5-9(2)19(18-8)13-4-3-12(16)11-6-10(15)7-17-14(11)13/h3-7H,16H2,1-2H3. The van der Waals surface area contributed by atoms with E-state index in [4.69, 9.17) is 5.73 Å². The quantitative estimate of drug-likeness (QED) is 0.700. The van der Waals surface area contributed by atoms with E-state index in [9.17, 15) is 0 Å². The van der Waals surface area contributed by atoms with Crippen LogP contribution in [0.2, 0.25) is 0 Å². The van der Waals surface area contributed by atoms with Gasteiger partial charge >= 0.3 is 0 Å². The van der Waals surface area contributed by atoms with Crippen LogP contribution in [0.25, 0.3) is 16.6 Å². The van der Waals surface area contributed by atoms with Crippen LogP contribution >= 0.6 is 15.9 Å². The van der Waals surface area contributed by atoms with Gasteiger partial charge in [0.15, 0.2) is 0 Å². The van der Waals surface area contributed by atoms with Gasteiger partial charge in [0, 0.05) is 27.4 Å². The lowest BCUT2D eigenvalue weighted by Gasteiger charge is -2.10. The Labute approximate surface area is 119 Å². The van der Waals surface area contributed by atoms with Gasteiger partial charge in [-0.25, -0.2) is 4.68 Å². The highest BCUT2D eigenvalue weighted by atomic mass is 79.9. The molecule has 2 N–H and O–H groups in total. The molecule has 19 heavy (non-hydrogen) atoms. The molecule has 3 aromatic rings. The Morgan fingerprint density at radius 2 is 2.00 bits per heavy atom. The van der Waals surface area contributed by atoms with E-state index < -0.39 is 0 Å². The molecule has 2 heterocycles. The molecule has 0 aliphatic rings. The van der Waals surface area contributed by atoms with E-state index in [0.29, 0.717) is 5.69 Å². The number of aryl methyl sites for hydroxylation is 2. The van der Waals surface area contributed by atoms with Gasteiger partial charge < -0.3 is 5.73 Å². The molecule has 96 valence electrons. The molecule has 3 rings (SSSR count). The van der Waals surface area contributed by atoms with Crippen molar-refractivity contribution in [2.24, 2.45) is 0 Å². The highest BCUT2D eigenvalue weighted by molar-refractivity contribution is 9.10. The summed E-state index contributed by atoms with van der Waals surface area (Å²) >= 11 is 3.43. The maximum Gasteiger partial charge on any atom is 0.0980 e. The van der Waals surface area contributed by atoms with Crippen molar-refractivity contribution in [2.75, 3.05) is 5.73 Å². The van der Waals surface area contributed by atoms with Crippen LogP contribution in [0.3, 0.4) is 0 Å². The number of hydrogen-bond acceptors (Lipinski definition) is 3. The van der Waals surface area contributed by atoms with E-state index in [1.807, 2.05) is 42.8 Å². The van der Waals surface area contributed by atoms with Crippen molar-refractivity contribution in [2.45, 2.75) is 13.8 Å². The van der Waals surface area contributed by atoms with Gasteiger partial charge in [0.05, 0.1) is 16.9 Å². The van der Waals surface area contributed by atoms with Gasteiger partial charge in [-0.3, -0.25) is 4.98 Å². The summed E-state index contributed by atoms with van der Waals surface area (Å²) in [7, 11) is 0. The third-order valence-corrected chi connectivity index (χ3v) is 3.50. The van der Waals surface area contributed by atoms with E-state index in [1.165, 1.54) is 0 Å². The van der Waals surface area contributed by atoms with E-state index in [2.05, 4.69) is 26.0 Å². The molecular weight excluding hydrogens is 304 g/mol. The van der Waals surface area contributed by atoms with Gasteiger partial charge in [0.1, 0.15) is 0 Å². The summed E-state index contributed by atoms with van der Waals surface area (Å²) in [4.78, 5) is 4.48. The van der Waals surface area contributed by atoms with Crippen LogP contribution in [0.15, 0.2) is 34.9 Å². The monoisotopic (exact) mass is 316 g/mol. The van der Waals surface area contributed by atoms with E-state index >= 15 is 0 Å². The van der Waals surface area contributed by atoms with Gasteiger partial charge in [-0.2, -0.15) is 5.10 Å². The number of nitrogens with zero attached hydrogens (tertiary/aromatic N) is 3. The van der Waals surface area contributed by atoms with Gasteiger partial charge in [-0.1, -0.05) is 0 Å². The lowest BCUT2D eigenvalue weighted by molar-refractivity contribution is 0.837. The number of nitrogens with two attached hydrogens (primary N) is 1. The molecule has 0 fully saturated rings. The average molecular weight is 317 g/mol. The van der Waals surface area contributed by atoms with Crippen molar-refractivity contribution in [1.29, 1.82) is 0 Å². The van der Waals surface area contributed by atoms with Crippen LogP contribution in [0, 0.1) is 13.8 Å². The Morgan fingerprint density at radius 3 is 2.68 bits per heavy atom. The molecule has 0 saturated heterocycles. The topological polar surface area (TPSA) is 56.7 Å². The Morgan fingerprint density at radius 1 is 1.21 bits per heavy atom. The first-order valence-electron chi connectivity index (χ1n) is 5.93. The van der Waals surface area contributed by atoms with Crippen LogP contribution in [0.4, 0.5) is 5.69 Å². The maximum atomic E-state index is 6.02. The number of halogens is 1. The fourth-order valence-corrected chi connectivity index (χ4v) is 2.58. The molecule has 0 unspecified atom stereocenters. The number of fused-ring (bicyclic) bond motifs is 1. The first-order chi connectivity index (χ1) is 9.06. The lowest BCUT2D eigenvalue weighted by atomic mass is 10.1. The van der Waals surface area contributed by atoms with Gasteiger partial charge in [-0.05, 0) is 54.0 Å². The highest BCUT2D eigenvalue weighted by Gasteiger charge is 2.11. The molecule has 0 radical (unpaired) electrons. The third kappa shape index (κ3) is 2.00. The Hall–Kier alpha value is -1.88. The average Bonchev–Trinajstić information content (AvgIpc) is 2.69. The van der Waals surface area contributed by atoms with Crippen molar-refractivity contribution < 1.29 is 0 Å². The summed E-state index contributed by atoms with van der Waals surface area (Å²) < 4.78 is 2.81. The van der Waals surface area contributed by atoms with Gasteiger partial charge in [0.25, 0.3) is 0 Å². The Kier molecular flexibility index (Phi) is 2.78. The first-order valence-corrected chi connectivity index (χ1v) is 6.73. The summed E-state index contributed by atoms with van der Waals surface area (Å²) in [5.74, 6) is 0.